The second-order valence-corrected chi connectivity index (χ2v) is 7.22. The van der Waals surface area contributed by atoms with Crippen molar-refractivity contribution in [3.05, 3.63) is 54.0 Å². The highest BCUT2D eigenvalue weighted by Gasteiger charge is 2.35. The van der Waals surface area contributed by atoms with Crippen LogP contribution in [0.25, 0.3) is 0 Å². The van der Waals surface area contributed by atoms with Crippen LogP contribution in [0.3, 0.4) is 0 Å². The monoisotopic (exact) mass is 436 g/mol. The Morgan fingerprint density at radius 2 is 1.94 bits per heavy atom. The lowest BCUT2D eigenvalue weighted by molar-refractivity contribution is -0.139. The molecule has 0 amide bonds. The largest absolute Gasteiger partial charge is 0.475 e. The van der Waals surface area contributed by atoms with Crippen LogP contribution in [0.15, 0.2) is 47.7 Å². The van der Waals surface area contributed by atoms with Crippen LogP contribution in [0.2, 0.25) is 0 Å². The second kappa shape index (κ2) is 10.9. The SMILES string of the molecule is CN=C(NCCOc1ncccc1C(F)(F)F)NC1CCN(Cc2ccccn2)CC1. The first-order chi connectivity index (χ1) is 15.0. The van der Waals surface area contributed by atoms with Crippen molar-refractivity contribution in [2.45, 2.75) is 31.6 Å². The fourth-order valence-electron chi connectivity index (χ4n) is 3.38. The number of likely N-dealkylation sites (tertiary alicyclic amines) is 1. The molecule has 2 N–H and O–H groups in total. The van der Waals surface area contributed by atoms with Crippen LogP contribution in [0.4, 0.5) is 13.2 Å². The summed E-state index contributed by atoms with van der Waals surface area (Å²) in [6, 6.07) is 8.40. The van der Waals surface area contributed by atoms with Gasteiger partial charge in [0.25, 0.3) is 0 Å². The Morgan fingerprint density at radius 1 is 1.16 bits per heavy atom. The molecule has 1 fully saturated rings. The Balaban J connectivity index is 1.38. The Bertz CT molecular complexity index is 839. The molecule has 2 aromatic rings. The van der Waals surface area contributed by atoms with Gasteiger partial charge in [-0.05, 0) is 37.1 Å². The molecule has 0 radical (unpaired) electrons. The second-order valence-electron chi connectivity index (χ2n) is 7.22. The van der Waals surface area contributed by atoms with E-state index in [-0.39, 0.29) is 12.6 Å². The van der Waals surface area contributed by atoms with Crippen LogP contribution < -0.4 is 15.4 Å². The van der Waals surface area contributed by atoms with E-state index in [1.54, 1.807) is 13.2 Å². The van der Waals surface area contributed by atoms with Crippen LogP contribution in [0.1, 0.15) is 24.1 Å². The molecule has 1 aliphatic rings. The van der Waals surface area contributed by atoms with Gasteiger partial charge in [-0.2, -0.15) is 13.2 Å². The number of nitrogens with one attached hydrogen (secondary N) is 2. The van der Waals surface area contributed by atoms with Gasteiger partial charge < -0.3 is 15.4 Å². The molecule has 1 aliphatic heterocycles. The zero-order chi connectivity index (χ0) is 22.1. The Hall–Kier alpha value is -2.88. The smallest absolute Gasteiger partial charge is 0.421 e. The van der Waals surface area contributed by atoms with Crippen LogP contribution in [0.5, 0.6) is 5.88 Å². The summed E-state index contributed by atoms with van der Waals surface area (Å²) in [5.74, 6) is 0.184. The standard InChI is InChI=1S/C21H27F3N6O/c1-25-20(28-11-14-31-19-18(21(22,23)24)6-4-10-27-19)29-16-7-12-30(13-8-16)15-17-5-2-3-9-26-17/h2-6,9-10,16H,7-8,11-15H2,1H3,(H2,25,28,29). The highest BCUT2D eigenvalue weighted by Crippen LogP contribution is 2.34. The van der Waals surface area contributed by atoms with Crippen molar-refractivity contribution in [1.29, 1.82) is 0 Å². The Kier molecular flexibility index (Phi) is 8.05. The fraction of sp³-hybridized carbons (Fsp3) is 0.476. The van der Waals surface area contributed by atoms with Gasteiger partial charge in [0.05, 0.1) is 12.2 Å². The third kappa shape index (κ3) is 7.09. The summed E-state index contributed by atoms with van der Waals surface area (Å²) in [4.78, 5) is 14.6. The molecule has 31 heavy (non-hydrogen) atoms. The summed E-state index contributed by atoms with van der Waals surface area (Å²) in [5.41, 5.74) is 0.183. The van der Waals surface area contributed by atoms with E-state index >= 15 is 0 Å². The number of aromatic nitrogens is 2. The molecule has 0 spiro atoms. The number of halogens is 3. The number of ether oxygens (including phenoxy) is 1. The van der Waals surface area contributed by atoms with Gasteiger partial charge in [-0.1, -0.05) is 6.07 Å². The first-order valence-electron chi connectivity index (χ1n) is 10.2. The highest BCUT2D eigenvalue weighted by molar-refractivity contribution is 5.79. The van der Waals surface area contributed by atoms with E-state index in [0.717, 1.165) is 44.2 Å². The summed E-state index contributed by atoms with van der Waals surface area (Å²) in [6.07, 6.45) is 0.513. The number of alkyl halides is 3. The quantitative estimate of drug-likeness (QED) is 0.395. The third-order valence-electron chi connectivity index (χ3n) is 4.97. The van der Waals surface area contributed by atoms with Crippen molar-refractivity contribution in [3.63, 3.8) is 0 Å². The van der Waals surface area contributed by atoms with Gasteiger partial charge in [0.2, 0.25) is 5.88 Å². The van der Waals surface area contributed by atoms with E-state index in [2.05, 4.69) is 30.5 Å². The number of aliphatic imine (C=N–C) groups is 1. The average Bonchev–Trinajstić information content (AvgIpc) is 2.77. The molecule has 0 aromatic carbocycles. The maximum Gasteiger partial charge on any atom is 0.421 e. The molecule has 0 saturated carbocycles. The highest BCUT2D eigenvalue weighted by atomic mass is 19.4. The zero-order valence-electron chi connectivity index (χ0n) is 17.4. The minimum Gasteiger partial charge on any atom is -0.475 e. The summed E-state index contributed by atoms with van der Waals surface area (Å²) in [6.45, 7) is 3.07. The van der Waals surface area contributed by atoms with E-state index in [9.17, 15) is 13.2 Å². The number of hydrogen-bond acceptors (Lipinski definition) is 5. The summed E-state index contributed by atoms with van der Waals surface area (Å²) in [5, 5.41) is 6.45. The third-order valence-corrected chi connectivity index (χ3v) is 4.97. The molecule has 0 aliphatic carbocycles. The maximum absolute atomic E-state index is 13.0. The lowest BCUT2D eigenvalue weighted by Crippen LogP contribution is -2.49. The van der Waals surface area contributed by atoms with Crippen LogP contribution in [-0.2, 0) is 12.7 Å². The molecule has 3 heterocycles. The number of guanidine groups is 1. The van der Waals surface area contributed by atoms with Crippen molar-refractivity contribution in [1.82, 2.24) is 25.5 Å². The molecule has 0 atom stereocenters. The first-order valence-corrected chi connectivity index (χ1v) is 10.2. The lowest BCUT2D eigenvalue weighted by Gasteiger charge is -2.32. The van der Waals surface area contributed by atoms with Gasteiger partial charge >= 0.3 is 6.18 Å². The Morgan fingerprint density at radius 3 is 2.61 bits per heavy atom. The molecule has 1 saturated heterocycles. The number of piperidine rings is 1. The molecule has 10 heteroatoms. The van der Waals surface area contributed by atoms with Crippen molar-refractivity contribution in [2.75, 3.05) is 33.3 Å². The minimum absolute atomic E-state index is 0.0311. The molecule has 3 rings (SSSR count). The predicted octanol–water partition coefficient (Wildman–Crippen LogP) is 2.70. The predicted molar refractivity (Wildman–Crippen MR) is 112 cm³/mol. The van der Waals surface area contributed by atoms with Gasteiger partial charge in [0, 0.05) is 45.1 Å². The number of hydrogen-bond donors (Lipinski definition) is 2. The number of rotatable bonds is 7. The van der Waals surface area contributed by atoms with Gasteiger partial charge in [-0.3, -0.25) is 14.9 Å². The van der Waals surface area contributed by atoms with E-state index in [1.807, 2.05) is 18.2 Å². The van der Waals surface area contributed by atoms with Gasteiger partial charge in [-0.25, -0.2) is 4.98 Å². The van der Waals surface area contributed by atoms with E-state index in [1.165, 1.54) is 12.3 Å². The molecular weight excluding hydrogens is 409 g/mol. The fourth-order valence-corrected chi connectivity index (χ4v) is 3.38. The molecule has 2 aromatic heterocycles. The van der Waals surface area contributed by atoms with Crippen LogP contribution in [0, 0.1) is 0 Å². The maximum atomic E-state index is 13.0. The van der Waals surface area contributed by atoms with Crippen LogP contribution in [-0.4, -0.2) is 60.2 Å². The molecule has 7 nitrogen and oxygen atoms in total. The van der Waals surface area contributed by atoms with E-state index < -0.39 is 17.6 Å². The molecule has 0 bridgehead atoms. The van der Waals surface area contributed by atoms with E-state index in [4.69, 9.17) is 4.74 Å². The van der Waals surface area contributed by atoms with Crippen molar-refractivity contribution >= 4 is 5.96 Å². The van der Waals surface area contributed by atoms with Crippen molar-refractivity contribution < 1.29 is 17.9 Å². The topological polar surface area (TPSA) is 74.7 Å². The van der Waals surface area contributed by atoms with Gasteiger partial charge in [-0.15, -0.1) is 0 Å². The summed E-state index contributed by atoms with van der Waals surface area (Å²) < 4.78 is 44.2. The molecular formula is C21H27F3N6O. The zero-order valence-corrected chi connectivity index (χ0v) is 17.4. The van der Waals surface area contributed by atoms with Gasteiger partial charge in [0.15, 0.2) is 5.96 Å². The van der Waals surface area contributed by atoms with Gasteiger partial charge in [0.1, 0.15) is 12.2 Å². The first kappa shape index (κ1) is 22.8. The normalized spacial score (nSPS) is 16.2. The lowest BCUT2D eigenvalue weighted by atomic mass is 10.1. The van der Waals surface area contributed by atoms with Crippen molar-refractivity contribution in [2.24, 2.45) is 4.99 Å². The van der Waals surface area contributed by atoms with Crippen molar-refractivity contribution in [3.8, 4) is 5.88 Å². The summed E-state index contributed by atoms with van der Waals surface area (Å²) >= 11 is 0. The van der Waals surface area contributed by atoms with E-state index in [0.29, 0.717) is 12.5 Å². The van der Waals surface area contributed by atoms with Crippen LogP contribution >= 0.6 is 0 Å². The number of nitrogens with zero attached hydrogens (tertiary/aromatic N) is 4. The minimum atomic E-state index is -4.50. The summed E-state index contributed by atoms with van der Waals surface area (Å²) in [7, 11) is 1.66. The molecule has 0 unspecified atom stereocenters. The Labute approximate surface area is 179 Å². The molecule has 168 valence electrons. The average molecular weight is 436 g/mol. The number of pyridine rings is 2.